The zero-order valence-electron chi connectivity index (χ0n) is 25.7. The van der Waals surface area contributed by atoms with Gasteiger partial charge in [-0.05, 0) is 103 Å². The van der Waals surface area contributed by atoms with Crippen LogP contribution in [0.25, 0.3) is 11.6 Å². The molecule has 11 heteroatoms. The number of benzene rings is 1. The summed E-state index contributed by atoms with van der Waals surface area (Å²) in [5.41, 5.74) is 4.56. The van der Waals surface area contributed by atoms with E-state index in [2.05, 4.69) is 18.8 Å². The fourth-order valence-electron chi connectivity index (χ4n) is 7.19. The fraction of sp³-hybridized carbons (Fsp3) is 0.471. The van der Waals surface area contributed by atoms with Gasteiger partial charge in [0, 0.05) is 19.2 Å². The van der Waals surface area contributed by atoms with Crippen molar-refractivity contribution in [3.63, 3.8) is 0 Å². The van der Waals surface area contributed by atoms with Crippen LogP contribution >= 0.6 is 11.6 Å². The Balaban J connectivity index is 1.40. The number of hydrogen-bond donors (Lipinski definition) is 3. The van der Waals surface area contributed by atoms with Crippen LogP contribution in [-0.2, 0) is 19.0 Å². The number of aliphatic carboxylic acids is 1. The van der Waals surface area contributed by atoms with Gasteiger partial charge in [-0.2, -0.15) is 0 Å². The lowest BCUT2D eigenvalue weighted by molar-refractivity contribution is -0.141. The Morgan fingerprint density at radius 2 is 1.93 bits per heavy atom. The third kappa shape index (κ3) is 7.34. The number of allylic oxidation sites excluding steroid dienone is 2. The number of aromatic nitrogens is 1. The Morgan fingerprint density at radius 3 is 2.62 bits per heavy atom. The molecule has 2 aromatic rings. The third-order valence-electron chi connectivity index (χ3n) is 9.29. The number of carbonyl (C=O) groups excluding carboxylic acids is 2. The third-order valence-corrected chi connectivity index (χ3v) is 9.62. The number of phenols is 1. The fourth-order valence-corrected chi connectivity index (χ4v) is 7.42. The minimum Gasteiger partial charge on any atom is -0.508 e. The van der Waals surface area contributed by atoms with Crippen molar-refractivity contribution in [1.82, 2.24) is 9.88 Å². The summed E-state index contributed by atoms with van der Waals surface area (Å²) in [5.74, 6) is -2.33. The molecule has 1 aromatic heterocycles. The molecule has 238 valence electrons. The molecular formula is C34H40BClN2O7. The second-order valence-corrected chi connectivity index (χ2v) is 13.0. The first kappa shape index (κ1) is 32.9. The van der Waals surface area contributed by atoms with Gasteiger partial charge in [0.25, 0.3) is 0 Å². The quantitative estimate of drug-likeness (QED) is 0.114. The number of fused-ring (bicyclic) bond motifs is 3. The second kappa shape index (κ2) is 14.3. The number of rotatable bonds is 12. The number of carbonyl (C=O) groups is 3. The van der Waals surface area contributed by atoms with Crippen molar-refractivity contribution in [3.05, 3.63) is 70.0 Å². The lowest BCUT2D eigenvalue weighted by Crippen LogP contribution is -2.46. The summed E-state index contributed by atoms with van der Waals surface area (Å²) < 4.78 is 6.19. The Bertz CT molecular complexity index is 1490. The molecule has 9 nitrogen and oxygen atoms in total. The highest BCUT2D eigenvalue weighted by Crippen LogP contribution is 2.52. The van der Waals surface area contributed by atoms with Gasteiger partial charge in [0.2, 0.25) is 11.8 Å². The predicted octanol–water partition coefficient (Wildman–Crippen LogP) is 5.86. The van der Waals surface area contributed by atoms with Gasteiger partial charge in [-0.1, -0.05) is 43.5 Å². The molecule has 45 heavy (non-hydrogen) atoms. The lowest BCUT2D eigenvalue weighted by Gasteiger charge is -2.44. The van der Waals surface area contributed by atoms with Crippen molar-refractivity contribution in [2.45, 2.75) is 71.2 Å². The van der Waals surface area contributed by atoms with Gasteiger partial charge in [0.05, 0.1) is 28.7 Å². The van der Waals surface area contributed by atoms with Crippen LogP contribution in [0.2, 0.25) is 11.3 Å². The summed E-state index contributed by atoms with van der Waals surface area (Å²) in [7, 11) is -1.07. The summed E-state index contributed by atoms with van der Waals surface area (Å²) in [6.07, 6.45) is 6.77. The molecule has 0 unspecified atom stereocenters. The first-order valence-electron chi connectivity index (χ1n) is 15.8. The summed E-state index contributed by atoms with van der Waals surface area (Å²) >= 11 is 6.45. The summed E-state index contributed by atoms with van der Waals surface area (Å²) in [6, 6.07) is 10.5. The van der Waals surface area contributed by atoms with Gasteiger partial charge in [-0.15, -0.1) is 0 Å². The number of imide groups is 1. The molecule has 1 aliphatic carbocycles. The molecule has 4 atom stereocenters. The molecule has 2 aliphatic heterocycles. The van der Waals surface area contributed by atoms with E-state index in [0.29, 0.717) is 43.5 Å². The van der Waals surface area contributed by atoms with Crippen molar-refractivity contribution < 1.29 is 34.3 Å². The number of carboxylic acids is 1. The highest BCUT2D eigenvalue weighted by Gasteiger charge is 2.57. The molecule has 2 saturated heterocycles. The number of likely N-dealkylation sites (tertiary alicyclic amines) is 1. The minimum atomic E-state index is -1.07. The molecule has 0 bridgehead atoms. The van der Waals surface area contributed by atoms with Crippen LogP contribution < -0.4 is 0 Å². The number of pyridine rings is 1. The van der Waals surface area contributed by atoms with Crippen molar-refractivity contribution in [3.8, 4) is 5.75 Å². The zero-order chi connectivity index (χ0) is 32.2. The van der Waals surface area contributed by atoms with E-state index in [4.69, 9.17) is 21.4 Å². The Kier molecular flexibility index (Phi) is 10.5. The Labute approximate surface area is 269 Å². The number of halogens is 1. The highest BCUT2D eigenvalue weighted by molar-refractivity contribution is 6.43. The van der Waals surface area contributed by atoms with Crippen LogP contribution in [0.1, 0.15) is 70.1 Å². The van der Waals surface area contributed by atoms with Gasteiger partial charge in [-0.25, -0.2) is 0 Å². The molecule has 2 fully saturated rings. The molecule has 0 saturated carbocycles. The van der Waals surface area contributed by atoms with Crippen LogP contribution in [0.3, 0.4) is 0 Å². The van der Waals surface area contributed by atoms with Crippen LogP contribution in [0, 0.1) is 23.7 Å². The molecule has 1 aromatic carbocycles. The van der Waals surface area contributed by atoms with Crippen LogP contribution in [0.4, 0.5) is 0 Å². The van der Waals surface area contributed by atoms with Crippen molar-refractivity contribution in [2.24, 2.45) is 23.7 Å². The molecule has 2 amide bonds. The number of unbranched alkanes of at least 4 members (excludes halogenated alkanes) is 2. The lowest BCUT2D eigenvalue weighted by atomic mass is 9.57. The maximum Gasteiger partial charge on any atom is 0.455 e. The van der Waals surface area contributed by atoms with Crippen molar-refractivity contribution in [1.29, 1.82) is 0 Å². The van der Waals surface area contributed by atoms with E-state index in [1.807, 2.05) is 24.3 Å². The van der Waals surface area contributed by atoms with Crippen LogP contribution in [0.15, 0.2) is 53.7 Å². The van der Waals surface area contributed by atoms with E-state index in [0.717, 1.165) is 28.0 Å². The van der Waals surface area contributed by atoms with Gasteiger partial charge in [0.15, 0.2) is 0 Å². The smallest absolute Gasteiger partial charge is 0.455 e. The monoisotopic (exact) mass is 634 g/mol. The zero-order valence-corrected chi connectivity index (χ0v) is 26.4. The number of amides is 2. The van der Waals surface area contributed by atoms with Crippen LogP contribution in [0.5, 0.6) is 5.75 Å². The van der Waals surface area contributed by atoms with E-state index >= 15 is 0 Å². The largest absolute Gasteiger partial charge is 0.508 e. The second-order valence-electron chi connectivity index (χ2n) is 12.6. The predicted molar refractivity (Wildman–Crippen MR) is 172 cm³/mol. The number of carboxylic acid groups (broad SMARTS) is 1. The number of aromatic hydroxyl groups is 1. The van der Waals surface area contributed by atoms with Gasteiger partial charge in [-0.3, -0.25) is 24.3 Å². The normalized spacial score (nSPS) is 23.5. The standard InChI is InChI=1S/C34H40BClN2O7/c1-20(2)24-18-25-32(34(43)38(33(25)42)15-7-3-4-9-30(40)41)26-19-35(44)45-29(31(24)26)13-11-22(28-8-5-6-14-37-28)16-21-10-12-23(39)17-27(21)36/h5-6,8,10,12,14,16-17,20,25-26,29,32,39,44H,3-4,7,9,11,13,15,18-19H2,1-2H3,(H,40,41)/b22-16-/t25-,26+,29-,32-/m1/s1. The molecule has 0 radical (unpaired) electrons. The van der Waals surface area contributed by atoms with E-state index in [1.54, 1.807) is 18.3 Å². The van der Waals surface area contributed by atoms with Gasteiger partial charge in [0.1, 0.15) is 5.75 Å². The number of phenolic OH excluding ortho intramolecular Hbond substituents is 1. The maximum absolute atomic E-state index is 13.8. The van der Waals surface area contributed by atoms with Crippen molar-refractivity contribution >= 4 is 48.2 Å². The molecule has 5 rings (SSSR count). The topological polar surface area (TPSA) is 137 Å². The molecule has 3 heterocycles. The average molecular weight is 635 g/mol. The summed E-state index contributed by atoms with van der Waals surface area (Å²) in [5, 5.41) is 30.1. The molecular weight excluding hydrogens is 595 g/mol. The van der Waals surface area contributed by atoms with E-state index in [9.17, 15) is 24.5 Å². The highest BCUT2D eigenvalue weighted by atomic mass is 35.5. The number of hydrogen-bond acceptors (Lipinski definition) is 7. The first-order chi connectivity index (χ1) is 21.5. The van der Waals surface area contributed by atoms with E-state index in [1.165, 1.54) is 11.0 Å². The van der Waals surface area contributed by atoms with Gasteiger partial charge >= 0.3 is 13.1 Å². The molecule has 3 aliphatic rings. The first-order valence-corrected chi connectivity index (χ1v) is 16.2. The Hall–Kier alpha value is -3.47. The SMILES string of the molecule is CC(C)C1=C2[C@@H](CC/C(=C/c3ccc(O)cc3Cl)c3ccccn3)OB(O)C[C@@H]2[C@@H]2C(=O)N(CCCCCC(=O)O)C(=O)[C@@H]2C1. The van der Waals surface area contributed by atoms with Crippen molar-refractivity contribution in [2.75, 3.05) is 6.54 Å². The summed E-state index contributed by atoms with van der Waals surface area (Å²) in [4.78, 5) is 44.2. The van der Waals surface area contributed by atoms with Gasteiger partial charge < -0.3 is 19.9 Å². The van der Waals surface area contributed by atoms with E-state index < -0.39 is 31.0 Å². The van der Waals surface area contributed by atoms with E-state index in [-0.39, 0.29) is 48.7 Å². The molecule has 0 spiro atoms. The number of nitrogens with zero attached hydrogens (tertiary/aromatic N) is 2. The average Bonchev–Trinajstić information content (AvgIpc) is 3.24. The minimum absolute atomic E-state index is 0.0682. The maximum atomic E-state index is 13.8. The Morgan fingerprint density at radius 1 is 1.13 bits per heavy atom. The van der Waals surface area contributed by atoms with Crippen LogP contribution in [-0.4, -0.2) is 62.7 Å². The molecule has 3 N–H and O–H groups in total. The summed E-state index contributed by atoms with van der Waals surface area (Å²) in [6.45, 7) is 4.47.